The molecule has 30 heavy (non-hydrogen) atoms. The zero-order valence-electron chi connectivity index (χ0n) is 16.7. The van der Waals surface area contributed by atoms with Gasteiger partial charge in [0.2, 0.25) is 0 Å². The number of carbonyl (C=O) groups excluding carboxylic acids is 2. The predicted octanol–water partition coefficient (Wildman–Crippen LogP) is 5.83. The molecular formula is C23H22ClNO4S. The zero-order valence-corrected chi connectivity index (χ0v) is 18.3. The van der Waals surface area contributed by atoms with Crippen LogP contribution in [0.1, 0.15) is 29.8 Å². The standard InChI is InChI=1S/C23H22ClNO4S/c1-3-15-7-5-6-8-19(15)29-13-20(26)25-22-21(23(27)28-4-2)18(14-30-22)16-9-11-17(24)12-10-16/h5-12,14H,3-4,13H2,1-2H3,(H,25,26). The number of benzene rings is 2. The van der Waals surface area contributed by atoms with Gasteiger partial charge in [0.25, 0.3) is 5.91 Å². The maximum Gasteiger partial charge on any atom is 0.341 e. The first-order valence-corrected chi connectivity index (χ1v) is 10.8. The van der Waals surface area contributed by atoms with E-state index in [-0.39, 0.29) is 19.1 Å². The number of ether oxygens (including phenoxy) is 2. The Morgan fingerprint density at radius 3 is 2.50 bits per heavy atom. The maximum absolute atomic E-state index is 12.6. The van der Waals surface area contributed by atoms with Crippen molar-refractivity contribution in [2.75, 3.05) is 18.5 Å². The molecule has 0 aliphatic heterocycles. The number of para-hydroxylation sites is 1. The number of aryl methyl sites for hydroxylation is 1. The molecule has 0 unspecified atom stereocenters. The molecule has 2 aromatic carbocycles. The molecule has 1 N–H and O–H groups in total. The van der Waals surface area contributed by atoms with E-state index in [2.05, 4.69) is 5.32 Å². The van der Waals surface area contributed by atoms with E-state index in [0.717, 1.165) is 17.5 Å². The molecule has 156 valence electrons. The molecule has 1 amide bonds. The van der Waals surface area contributed by atoms with Crippen LogP contribution in [-0.4, -0.2) is 25.1 Å². The van der Waals surface area contributed by atoms with Crippen LogP contribution in [0.3, 0.4) is 0 Å². The number of hydrogen-bond acceptors (Lipinski definition) is 5. The van der Waals surface area contributed by atoms with E-state index < -0.39 is 5.97 Å². The van der Waals surface area contributed by atoms with E-state index in [1.165, 1.54) is 11.3 Å². The molecule has 0 spiro atoms. The normalized spacial score (nSPS) is 10.5. The van der Waals surface area contributed by atoms with Gasteiger partial charge in [-0.15, -0.1) is 11.3 Å². The Balaban J connectivity index is 1.80. The Bertz CT molecular complexity index is 1030. The van der Waals surface area contributed by atoms with Crippen LogP contribution in [-0.2, 0) is 16.0 Å². The number of esters is 1. The van der Waals surface area contributed by atoms with Crippen LogP contribution in [0, 0.1) is 0 Å². The predicted molar refractivity (Wildman–Crippen MR) is 121 cm³/mol. The van der Waals surface area contributed by atoms with Gasteiger partial charge in [-0.25, -0.2) is 4.79 Å². The fraction of sp³-hybridized carbons (Fsp3) is 0.217. The van der Waals surface area contributed by atoms with Gasteiger partial charge in [-0.05, 0) is 42.7 Å². The lowest BCUT2D eigenvalue weighted by atomic mass is 10.0. The summed E-state index contributed by atoms with van der Waals surface area (Å²) in [6.07, 6.45) is 0.806. The minimum absolute atomic E-state index is 0.159. The van der Waals surface area contributed by atoms with Crippen molar-refractivity contribution < 1.29 is 19.1 Å². The number of anilines is 1. The van der Waals surface area contributed by atoms with Crippen molar-refractivity contribution in [3.8, 4) is 16.9 Å². The lowest BCUT2D eigenvalue weighted by Crippen LogP contribution is -2.21. The Hall–Kier alpha value is -2.83. The zero-order chi connectivity index (χ0) is 21.5. The highest BCUT2D eigenvalue weighted by molar-refractivity contribution is 7.15. The largest absolute Gasteiger partial charge is 0.483 e. The SMILES string of the molecule is CCOC(=O)c1c(-c2ccc(Cl)cc2)csc1NC(=O)COc1ccccc1CC. The number of amides is 1. The van der Waals surface area contributed by atoms with Crippen LogP contribution in [0.4, 0.5) is 5.00 Å². The van der Waals surface area contributed by atoms with Crippen molar-refractivity contribution in [2.24, 2.45) is 0 Å². The summed E-state index contributed by atoms with van der Waals surface area (Å²) in [5, 5.41) is 5.63. The second kappa shape index (κ2) is 10.3. The molecule has 0 fully saturated rings. The molecule has 3 aromatic rings. The summed E-state index contributed by atoms with van der Waals surface area (Å²) in [6, 6.07) is 14.7. The van der Waals surface area contributed by atoms with Gasteiger partial charge in [-0.2, -0.15) is 0 Å². The van der Waals surface area contributed by atoms with Crippen LogP contribution < -0.4 is 10.1 Å². The molecule has 0 saturated heterocycles. The van der Waals surface area contributed by atoms with E-state index in [1.54, 1.807) is 19.1 Å². The summed E-state index contributed by atoms with van der Waals surface area (Å²) in [6.45, 7) is 3.84. The van der Waals surface area contributed by atoms with E-state index in [4.69, 9.17) is 21.1 Å². The van der Waals surface area contributed by atoms with Crippen molar-refractivity contribution in [1.29, 1.82) is 0 Å². The fourth-order valence-electron chi connectivity index (χ4n) is 2.94. The monoisotopic (exact) mass is 443 g/mol. The summed E-state index contributed by atoms with van der Waals surface area (Å²) in [7, 11) is 0. The Morgan fingerprint density at radius 1 is 1.07 bits per heavy atom. The van der Waals surface area contributed by atoms with Crippen molar-refractivity contribution in [3.05, 3.63) is 70.1 Å². The average Bonchev–Trinajstić information content (AvgIpc) is 3.16. The molecule has 0 aliphatic rings. The third-order valence-corrected chi connectivity index (χ3v) is 5.54. The minimum atomic E-state index is -0.490. The van der Waals surface area contributed by atoms with Gasteiger partial charge in [-0.3, -0.25) is 4.79 Å². The highest BCUT2D eigenvalue weighted by Crippen LogP contribution is 2.36. The van der Waals surface area contributed by atoms with Gasteiger partial charge in [0.15, 0.2) is 6.61 Å². The second-order valence-electron chi connectivity index (χ2n) is 6.38. The number of nitrogens with one attached hydrogen (secondary N) is 1. The van der Waals surface area contributed by atoms with Crippen LogP contribution in [0.15, 0.2) is 53.9 Å². The topological polar surface area (TPSA) is 64.6 Å². The minimum Gasteiger partial charge on any atom is -0.483 e. The summed E-state index contributed by atoms with van der Waals surface area (Å²) < 4.78 is 10.9. The number of carbonyl (C=O) groups is 2. The van der Waals surface area contributed by atoms with Crippen molar-refractivity contribution in [3.63, 3.8) is 0 Å². The Labute approximate surface area is 184 Å². The summed E-state index contributed by atoms with van der Waals surface area (Å²) in [4.78, 5) is 25.1. The molecule has 3 rings (SSSR count). The van der Waals surface area contributed by atoms with E-state index >= 15 is 0 Å². The molecule has 0 bridgehead atoms. The lowest BCUT2D eigenvalue weighted by molar-refractivity contribution is -0.118. The van der Waals surface area contributed by atoms with Gasteiger partial charge < -0.3 is 14.8 Å². The fourth-order valence-corrected chi connectivity index (χ4v) is 4.04. The maximum atomic E-state index is 12.6. The third kappa shape index (κ3) is 5.20. The van der Waals surface area contributed by atoms with Crippen LogP contribution in [0.2, 0.25) is 5.02 Å². The quantitative estimate of drug-likeness (QED) is 0.445. The van der Waals surface area contributed by atoms with Crippen molar-refractivity contribution >= 4 is 39.8 Å². The molecular weight excluding hydrogens is 422 g/mol. The Morgan fingerprint density at radius 2 is 1.80 bits per heavy atom. The summed E-state index contributed by atoms with van der Waals surface area (Å²) in [5.74, 6) is -0.166. The molecule has 0 aliphatic carbocycles. The summed E-state index contributed by atoms with van der Waals surface area (Å²) >= 11 is 7.24. The first-order valence-electron chi connectivity index (χ1n) is 9.58. The van der Waals surface area contributed by atoms with Gasteiger partial charge in [0.1, 0.15) is 16.3 Å². The molecule has 0 saturated carbocycles. The van der Waals surface area contributed by atoms with E-state index in [0.29, 0.717) is 26.9 Å². The van der Waals surface area contributed by atoms with Gasteiger partial charge in [0.05, 0.1) is 6.61 Å². The van der Waals surface area contributed by atoms with Gasteiger partial charge in [0, 0.05) is 16.0 Å². The first kappa shape index (κ1) is 21.9. The van der Waals surface area contributed by atoms with Gasteiger partial charge >= 0.3 is 5.97 Å². The van der Waals surface area contributed by atoms with Crippen LogP contribution >= 0.6 is 22.9 Å². The van der Waals surface area contributed by atoms with Crippen LogP contribution in [0.5, 0.6) is 5.75 Å². The molecule has 0 radical (unpaired) electrons. The molecule has 1 aromatic heterocycles. The highest BCUT2D eigenvalue weighted by atomic mass is 35.5. The molecule has 0 atom stereocenters. The molecule has 7 heteroatoms. The first-order chi connectivity index (χ1) is 14.5. The molecule has 5 nitrogen and oxygen atoms in total. The van der Waals surface area contributed by atoms with E-state index in [1.807, 2.05) is 48.7 Å². The highest BCUT2D eigenvalue weighted by Gasteiger charge is 2.23. The number of halogens is 1. The van der Waals surface area contributed by atoms with Crippen molar-refractivity contribution in [1.82, 2.24) is 0 Å². The third-order valence-electron chi connectivity index (χ3n) is 4.39. The molecule has 1 heterocycles. The average molecular weight is 444 g/mol. The van der Waals surface area contributed by atoms with Gasteiger partial charge in [-0.1, -0.05) is 48.9 Å². The smallest absolute Gasteiger partial charge is 0.341 e. The van der Waals surface area contributed by atoms with Crippen molar-refractivity contribution in [2.45, 2.75) is 20.3 Å². The summed E-state index contributed by atoms with van der Waals surface area (Å²) in [5.41, 5.74) is 2.85. The Kier molecular flexibility index (Phi) is 7.49. The van der Waals surface area contributed by atoms with Crippen LogP contribution in [0.25, 0.3) is 11.1 Å². The number of rotatable bonds is 8. The lowest BCUT2D eigenvalue weighted by Gasteiger charge is -2.11. The second-order valence-corrected chi connectivity index (χ2v) is 7.70. The number of hydrogen-bond donors (Lipinski definition) is 1. The van der Waals surface area contributed by atoms with E-state index in [9.17, 15) is 9.59 Å². The number of thiophene rings is 1.